The number of aromatic nitrogens is 1. The largest absolute Gasteiger partial charge is 0.260 e. The Morgan fingerprint density at radius 1 is 1.37 bits per heavy atom. The van der Waals surface area contributed by atoms with Crippen LogP contribution >= 0.6 is 15.9 Å². The van der Waals surface area contributed by atoms with Crippen LogP contribution in [0.5, 0.6) is 0 Å². The van der Waals surface area contributed by atoms with Crippen molar-refractivity contribution < 1.29 is 12.8 Å². The molecule has 7 heteroatoms. The number of alkyl halides is 1. The zero-order chi connectivity index (χ0) is 13.9. The second-order valence-corrected chi connectivity index (χ2v) is 7.21. The Bertz CT molecular complexity index is 538. The van der Waals surface area contributed by atoms with Gasteiger partial charge in [0.05, 0.1) is 6.20 Å². The minimum atomic E-state index is -3.67. The van der Waals surface area contributed by atoms with Gasteiger partial charge in [0, 0.05) is 18.1 Å². The van der Waals surface area contributed by atoms with Crippen LogP contribution in [0.3, 0.4) is 0 Å². The third kappa shape index (κ3) is 3.73. The van der Waals surface area contributed by atoms with E-state index in [1.165, 1.54) is 0 Å². The van der Waals surface area contributed by atoms with E-state index in [4.69, 9.17) is 0 Å². The summed E-state index contributed by atoms with van der Waals surface area (Å²) in [5.74, 6) is 0.200. The number of rotatable bonds is 5. The molecule has 0 radical (unpaired) electrons. The number of pyridine rings is 1. The molecule has 4 nitrogen and oxygen atoms in total. The molecule has 0 aromatic carbocycles. The Labute approximate surface area is 121 Å². The summed E-state index contributed by atoms with van der Waals surface area (Å²) >= 11 is 3.45. The van der Waals surface area contributed by atoms with Gasteiger partial charge >= 0.3 is 0 Å². The van der Waals surface area contributed by atoms with E-state index in [1.54, 1.807) is 0 Å². The molecule has 0 aliphatic heterocycles. The van der Waals surface area contributed by atoms with Crippen LogP contribution in [0, 0.1) is 17.7 Å². The fourth-order valence-electron chi connectivity index (χ4n) is 2.42. The quantitative estimate of drug-likeness (QED) is 0.829. The van der Waals surface area contributed by atoms with Crippen molar-refractivity contribution in [2.75, 3.05) is 11.9 Å². The first-order chi connectivity index (χ1) is 9.03. The first-order valence-electron chi connectivity index (χ1n) is 6.19. The molecule has 2 rings (SSSR count). The molecule has 1 aliphatic carbocycles. The third-order valence-corrected chi connectivity index (χ3v) is 5.76. The van der Waals surface area contributed by atoms with E-state index in [1.807, 2.05) is 0 Å². The molecule has 2 atom stereocenters. The molecular weight excluding hydrogens is 335 g/mol. The van der Waals surface area contributed by atoms with Crippen LogP contribution in [0.4, 0.5) is 4.39 Å². The summed E-state index contributed by atoms with van der Waals surface area (Å²) < 4.78 is 39.6. The van der Waals surface area contributed by atoms with Gasteiger partial charge in [0.1, 0.15) is 10.7 Å². The van der Waals surface area contributed by atoms with E-state index < -0.39 is 15.8 Å². The third-order valence-electron chi connectivity index (χ3n) is 3.54. The SMILES string of the molecule is O=S(=O)(NCC1CCCC1CBr)c1cncc(F)c1. The number of hydrogen-bond acceptors (Lipinski definition) is 3. The summed E-state index contributed by atoms with van der Waals surface area (Å²) in [6.45, 7) is 0.398. The smallest absolute Gasteiger partial charge is 0.242 e. The lowest BCUT2D eigenvalue weighted by Crippen LogP contribution is -2.31. The maximum absolute atomic E-state index is 13.0. The summed E-state index contributed by atoms with van der Waals surface area (Å²) in [4.78, 5) is 3.44. The van der Waals surface area contributed by atoms with Gasteiger partial charge < -0.3 is 0 Å². The van der Waals surface area contributed by atoms with Crippen LogP contribution in [0.25, 0.3) is 0 Å². The molecule has 19 heavy (non-hydrogen) atoms. The first-order valence-corrected chi connectivity index (χ1v) is 8.79. The summed E-state index contributed by atoms with van der Waals surface area (Å²) in [7, 11) is -3.67. The van der Waals surface area contributed by atoms with Crippen molar-refractivity contribution in [3.63, 3.8) is 0 Å². The molecule has 0 bridgehead atoms. The molecule has 1 N–H and O–H groups in total. The average Bonchev–Trinajstić information content (AvgIpc) is 2.84. The van der Waals surface area contributed by atoms with E-state index >= 15 is 0 Å². The minimum absolute atomic E-state index is 0.124. The van der Waals surface area contributed by atoms with Gasteiger partial charge in [-0.15, -0.1) is 0 Å². The number of hydrogen-bond donors (Lipinski definition) is 1. The van der Waals surface area contributed by atoms with Crippen molar-refractivity contribution in [2.24, 2.45) is 11.8 Å². The van der Waals surface area contributed by atoms with Crippen molar-refractivity contribution in [3.8, 4) is 0 Å². The number of nitrogens with zero attached hydrogens (tertiary/aromatic N) is 1. The Balaban J connectivity index is 2.02. The van der Waals surface area contributed by atoms with Crippen molar-refractivity contribution in [2.45, 2.75) is 24.2 Å². The van der Waals surface area contributed by atoms with E-state index in [0.29, 0.717) is 18.4 Å². The van der Waals surface area contributed by atoms with Gasteiger partial charge in [-0.25, -0.2) is 17.5 Å². The lowest BCUT2D eigenvalue weighted by molar-refractivity contribution is 0.422. The predicted molar refractivity (Wildman–Crippen MR) is 74.0 cm³/mol. The minimum Gasteiger partial charge on any atom is -0.260 e. The van der Waals surface area contributed by atoms with Gasteiger partial charge in [0.15, 0.2) is 0 Å². The van der Waals surface area contributed by atoms with Gasteiger partial charge in [0.2, 0.25) is 10.0 Å². The Kier molecular flexibility index (Phi) is 4.92. The normalized spacial score (nSPS) is 23.7. The molecule has 1 fully saturated rings. The second kappa shape index (κ2) is 6.28. The molecule has 1 aromatic heterocycles. The van der Waals surface area contributed by atoms with Gasteiger partial charge in [0.25, 0.3) is 0 Å². The van der Waals surface area contributed by atoms with Crippen LogP contribution in [0.1, 0.15) is 19.3 Å². The molecule has 1 heterocycles. The zero-order valence-electron chi connectivity index (χ0n) is 10.4. The fourth-order valence-corrected chi connectivity index (χ4v) is 4.34. The highest BCUT2D eigenvalue weighted by Crippen LogP contribution is 2.32. The summed E-state index contributed by atoms with van der Waals surface area (Å²) in [5, 5.41) is 0.890. The van der Waals surface area contributed by atoms with Crippen molar-refractivity contribution in [3.05, 3.63) is 24.3 Å². The van der Waals surface area contributed by atoms with Crippen LogP contribution in [-0.4, -0.2) is 25.3 Å². The molecular formula is C12H16BrFN2O2S. The second-order valence-electron chi connectivity index (χ2n) is 4.80. The molecule has 0 amide bonds. The zero-order valence-corrected chi connectivity index (χ0v) is 12.8. The highest BCUT2D eigenvalue weighted by atomic mass is 79.9. The first kappa shape index (κ1) is 14.9. The highest BCUT2D eigenvalue weighted by Gasteiger charge is 2.27. The van der Waals surface area contributed by atoms with Crippen molar-refractivity contribution >= 4 is 26.0 Å². The molecule has 0 spiro atoms. The summed E-state index contributed by atoms with van der Waals surface area (Å²) in [6, 6.07) is 0.978. The molecule has 1 aromatic rings. The van der Waals surface area contributed by atoms with Gasteiger partial charge in [-0.1, -0.05) is 22.4 Å². The maximum atomic E-state index is 13.0. The Hall–Kier alpha value is -0.530. The molecule has 1 aliphatic rings. The van der Waals surface area contributed by atoms with Crippen molar-refractivity contribution in [1.82, 2.24) is 9.71 Å². The summed E-state index contributed by atoms with van der Waals surface area (Å²) in [6.07, 6.45) is 5.42. The van der Waals surface area contributed by atoms with E-state index in [0.717, 1.165) is 43.1 Å². The number of nitrogens with one attached hydrogen (secondary N) is 1. The topological polar surface area (TPSA) is 59.1 Å². The standard InChI is InChI=1S/C12H16BrFN2O2S/c13-5-9-2-1-3-10(9)6-16-19(17,18)12-4-11(14)7-15-8-12/h4,7-10,16H,1-3,5-6H2. The fraction of sp³-hybridized carbons (Fsp3) is 0.583. The van der Waals surface area contributed by atoms with Crippen LogP contribution in [0.2, 0.25) is 0 Å². The molecule has 0 saturated heterocycles. The highest BCUT2D eigenvalue weighted by molar-refractivity contribution is 9.09. The monoisotopic (exact) mass is 350 g/mol. The van der Waals surface area contributed by atoms with Gasteiger partial charge in [-0.3, -0.25) is 4.98 Å². The van der Waals surface area contributed by atoms with Crippen LogP contribution < -0.4 is 4.72 Å². The van der Waals surface area contributed by atoms with Crippen LogP contribution in [0.15, 0.2) is 23.4 Å². The molecule has 2 unspecified atom stereocenters. The predicted octanol–water partition coefficient (Wildman–Crippen LogP) is 2.31. The lowest BCUT2D eigenvalue weighted by Gasteiger charge is -2.17. The van der Waals surface area contributed by atoms with Crippen LogP contribution in [-0.2, 0) is 10.0 Å². The van der Waals surface area contributed by atoms with E-state index in [2.05, 4.69) is 25.6 Å². The number of sulfonamides is 1. The Morgan fingerprint density at radius 2 is 2.11 bits per heavy atom. The molecule has 106 valence electrons. The van der Waals surface area contributed by atoms with Gasteiger partial charge in [-0.2, -0.15) is 0 Å². The Morgan fingerprint density at radius 3 is 2.79 bits per heavy atom. The summed E-state index contributed by atoms with van der Waals surface area (Å²) in [5.41, 5.74) is 0. The lowest BCUT2D eigenvalue weighted by atomic mass is 9.99. The van der Waals surface area contributed by atoms with E-state index in [-0.39, 0.29) is 4.90 Å². The maximum Gasteiger partial charge on any atom is 0.242 e. The van der Waals surface area contributed by atoms with Gasteiger partial charge in [-0.05, 0) is 30.7 Å². The number of halogens is 2. The molecule has 1 saturated carbocycles. The average molecular weight is 351 g/mol. The van der Waals surface area contributed by atoms with Crippen molar-refractivity contribution in [1.29, 1.82) is 0 Å². The van der Waals surface area contributed by atoms with E-state index in [9.17, 15) is 12.8 Å².